The van der Waals surface area contributed by atoms with Crippen LogP contribution in [0.4, 0.5) is 11.6 Å². The highest BCUT2D eigenvalue weighted by Gasteiger charge is 2.18. The van der Waals surface area contributed by atoms with Crippen LogP contribution in [0.2, 0.25) is 0 Å². The standard InChI is InChI=1S/C24H23N5O.C8H12N4O/c1-16(25-3)23-27-21-12-8-9-18(13-14-19-15-26-28(4)17(19)2)22(21)24(30)29(23)20-10-6-5-7-11-20;1-3-4-10-8-6(5-13)7(9)11-12(8)2/h5-12,15-16,25H,1-4H3;3,5,10H,1,4H2,2H3,(H2,9,11). The van der Waals surface area contributed by atoms with Gasteiger partial charge in [-0.05, 0) is 45.2 Å². The molecule has 0 saturated heterocycles. The summed E-state index contributed by atoms with van der Waals surface area (Å²) in [5, 5.41) is 14.8. The lowest BCUT2D eigenvalue weighted by molar-refractivity contribution is 0.112. The minimum Gasteiger partial charge on any atom is -0.382 e. The predicted molar refractivity (Wildman–Crippen MR) is 170 cm³/mol. The van der Waals surface area contributed by atoms with Crippen LogP contribution in [-0.4, -0.2) is 49.0 Å². The van der Waals surface area contributed by atoms with Crippen molar-refractivity contribution in [2.75, 3.05) is 24.6 Å². The second kappa shape index (κ2) is 13.5. The number of aryl methyl sites for hydroxylation is 2. The Morgan fingerprint density at radius 1 is 1.07 bits per heavy atom. The number of fused-ring (bicyclic) bond motifs is 1. The summed E-state index contributed by atoms with van der Waals surface area (Å²) in [4.78, 5) is 29.1. The maximum absolute atomic E-state index is 13.7. The Bertz CT molecular complexity index is 1890. The Balaban J connectivity index is 0.000000273. The van der Waals surface area contributed by atoms with Crippen molar-refractivity contribution in [3.63, 3.8) is 0 Å². The lowest BCUT2D eigenvalue weighted by Gasteiger charge is -2.18. The molecule has 5 rings (SSSR count). The quantitative estimate of drug-likeness (QED) is 0.152. The number of hydrogen-bond acceptors (Lipinski definition) is 8. The number of hydrogen-bond donors (Lipinski definition) is 3. The van der Waals surface area contributed by atoms with Gasteiger partial charge in [-0.25, -0.2) is 4.98 Å². The Morgan fingerprint density at radius 2 is 1.79 bits per heavy atom. The molecule has 0 aliphatic heterocycles. The van der Waals surface area contributed by atoms with Crippen LogP contribution >= 0.6 is 0 Å². The van der Waals surface area contributed by atoms with Crippen LogP contribution in [0.5, 0.6) is 0 Å². The SMILES string of the molecule is C=CCNc1c(C=O)c(N)nn1C.CNC(C)c1nc2cccc(C#Cc3cnn(C)c3C)c2c(=O)n1-c1ccccc1. The molecule has 0 radical (unpaired) electrons. The maximum Gasteiger partial charge on any atom is 0.267 e. The molecule has 11 nitrogen and oxygen atoms in total. The van der Waals surface area contributed by atoms with Crippen LogP contribution < -0.4 is 21.9 Å². The third-order valence-corrected chi connectivity index (χ3v) is 6.97. The number of carbonyl (C=O) groups excluding carboxylic acids is 1. The number of aromatic nitrogens is 6. The fraction of sp³-hybridized carbons (Fsp3) is 0.219. The molecule has 0 amide bonds. The van der Waals surface area contributed by atoms with Gasteiger partial charge in [-0.1, -0.05) is 42.2 Å². The predicted octanol–water partition coefficient (Wildman–Crippen LogP) is 3.52. The Hall–Kier alpha value is -5.47. The highest BCUT2D eigenvalue weighted by Crippen LogP contribution is 2.20. The van der Waals surface area contributed by atoms with Crippen molar-refractivity contribution >= 4 is 28.8 Å². The van der Waals surface area contributed by atoms with Gasteiger partial charge in [0.15, 0.2) is 12.1 Å². The van der Waals surface area contributed by atoms with E-state index in [4.69, 9.17) is 10.7 Å². The minimum absolute atomic E-state index is 0.102. The summed E-state index contributed by atoms with van der Waals surface area (Å²) < 4.78 is 4.98. The first-order valence-electron chi connectivity index (χ1n) is 13.6. The van der Waals surface area contributed by atoms with Crippen molar-refractivity contribution in [3.05, 3.63) is 106 Å². The number of nitrogens with zero attached hydrogens (tertiary/aromatic N) is 6. The van der Waals surface area contributed by atoms with Crippen LogP contribution in [0.1, 0.15) is 46.0 Å². The first-order valence-corrected chi connectivity index (χ1v) is 13.6. The molecule has 0 fully saturated rings. The Kier molecular flexibility index (Phi) is 9.54. The molecular weight excluding hydrogens is 542 g/mol. The number of carbonyl (C=O) groups is 1. The van der Waals surface area contributed by atoms with E-state index in [1.165, 1.54) is 4.68 Å². The molecule has 220 valence electrons. The van der Waals surface area contributed by atoms with E-state index in [9.17, 15) is 9.59 Å². The largest absolute Gasteiger partial charge is 0.382 e. The molecule has 5 aromatic rings. The fourth-order valence-electron chi connectivity index (χ4n) is 4.41. The molecule has 0 aliphatic rings. The molecule has 4 N–H and O–H groups in total. The molecular formula is C32H35N9O2. The molecule has 0 spiro atoms. The summed E-state index contributed by atoms with van der Waals surface area (Å²) in [5.74, 6) is 7.84. The van der Waals surface area contributed by atoms with Gasteiger partial charge in [0.05, 0.1) is 40.1 Å². The molecule has 3 heterocycles. The normalized spacial score (nSPS) is 11.2. The summed E-state index contributed by atoms with van der Waals surface area (Å²) in [6, 6.07) is 15.1. The van der Waals surface area contributed by atoms with E-state index in [1.54, 1.807) is 28.6 Å². The van der Waals surface area contributed by atoms with E-state index in [0.717, 1.165) is 16.9 Å². The summed E-state index contributed by atoms with van der Waals surface area (Å²) in [6.07, 6.45) is 4.12. The van der Waals surface area contributed by atoms with Gasteiger partial charge >= 0.3 is 0 Å². The topological polar surface area (TPSA) is 138 Å². The summed E-state index contributed by atoms with van der Waals surface area (Å²) >= 11 is 0. The van der Waals surface area contributed by atoms with Crippen molar-refractivity contribution in [1.29, 1.82) is 0 Å². The lowest BCUT2D eigenvalue weighted by atomic mass is 10.1. The van der Waals surface area contributed by atoms with Crippen molar-refractivity contribution in [1.82, 2.24) is 34.4 Å². The lowest BCUT2D eigenvalue weighted by Crippen LogP contribution is -2.29. The molecule has 1 atom stereocenters. The molecule has 1 unspecified atom stereocenters. The third kappa shape index (κ3) is 6.39. The molecule has 0 bridgehead atoms. The number of nitrogen functional groups attached to an aromatic ring is 1. The molecule has 0 saturated carbocycles. The van der Waals surface area contributed by atoms with Crippen LogP contribution in [0, 0.1) is 18.8 Å². The number of aldehydes is 1. The average Bonchev–Trinajstić information content (AvgIpc) is 3.49. The molecule has 2 aromatic carbocycles. The van der Waals surface area contributed by atoms with E-state index in [1.807, 2.05) is 76.5 Å². The van der Waals surface area contributed by atoms with E-state index in [0.29, 0.717) is 46.5 Å². The highest BCUT2D eigenvalue weighted by molar-refractivity contribution is 5.89. The summed E-state index contributed by atoms with van der Waals surface area (Å²) in [5.41, 5.74) is 9.65. The monoisotopic (exact) mass is 577 g/mol. The zero-order valence-electron chi connectivity index (χ0n) is 24.9. The van der Waals surface area contributed by atoms with Crippen molar-refractivity contribution in [2.24, 2.45) is 14.1 Å². The number of benzene rings is 2. The van der Waals surface area contributed by atoms with Crippen LogP contribution in [0.3, 0.4) is 0 Å². The molecule has 3 aromatic heterocycles. The Labute approximate surface area is 250 Å². The maximum atomic E-state index is 13.7. The second-order valence-corrected chi connectivity index (χ2v) is 9.73. The van der Waals surface area contributed by atoms with Gasteiger partial charge < -0.3 is 16.4 Å². The summed E-state index contributed by atoms with van der Waals surface area (Å²) in [7, 11) is 5.45. The first-order chi connectivity index (χ1) is 20.7. The van der Waals surface area contributed by atoms with E-state index in [-0.39, 0.29) is 17.4 Å². The van der Waals surface area contributed by atoms with E-state index >= 15 is 0 Å². The van der Waals surface area contributed by atoms with Gasteiger partial charge in [0.25, 0.3) is 5.56 Å². The molecule has 11 heteroatoms. The van der Waals surface area contributed by atoms with Crippen molar-refractivity contribution in [3.8, 4) is 17.5 Å². The molecule has 0 aliphatic carbocycles. The zero-order chi connectivity index (χ0) is 31.1. The van der Waals surface area contributed by atoms with Gasteiger partial charge in [0.1, 0.15) is 17.2 Å². The van der Waals surface area contributed by atoms with Crippen LogP contribution in [0.15, 0.2) is 72.2 Å². The van der Waals surface area contributed by atoms with Crippen molar-refractivity contribution < 1.29 is 4.79 Å². The number of nitrogens with one attached hydrogen (secondary N) is 2. The number of rotatable bonds is 7. The van der Waals surface area contributed by atoms with Gasteiger partial charge in [-0.3, -0.25) is 23.5 Å². The van der Waals surface area contributed by atoms with Gasteiger partial charge in [-0.2, -0.15) is 10.2 Å². The fourth-order valence-corrected chi connectivity index (χ4v) is 4.41. The van der Waals surface area contributed by atoms with Gasteiger partial charge in [0.2, 0.25) is 0 Å². The number of para-hydroxylation sites is 1. The van der Waals surface area contributed by atoms with E-state index < -0.39 is 0 Å². The third-order valence-electron chi connectivity index (χ3n) is 6.97. The summed E-state index contributed by atoms with van der Waals surface area (Å²) in [6.45, 7) is 8.08. The zero-order valence-corrected chi connectivity index (χ0v) is 24.9. The van der Waals surface area contributed by atoms with E-state index in [2.05, 4.69) is 39.3 Å². The number of nitrogens with two attached hydrogens (primary N) is 1. The Morgan fingerprint density at radius 3 is 2.42 bits per heavy atom. The van der Waals surface area contributed by atoms with Gasteiger partial charge in [0, 0.05) is 26.2 Å². The van der Waals surface area contributed by atoms with Crippen LogP contribution in [-0.2, 0) is 14.1 Å². The van der Waals surface area contributed by atoms with Crippen molar-refractivity contribution in [2.45, 2.75) is 19.9 Å². The average molecular weight is 578 g/mol. The van der Waals surface area contributed by atoms with Gasteiger partial charge in [-0.15, -0.1) is 6.58 Å². The number of anilines is 2. The van der Waals surface area contributed by atoms with Crippen LogP contribution in [0.25, 0.3) is 16.6 Å². The highest BCUT2D eigenvalue weighted by atomic mass is 16.1. The second-order valence-electron chi connectivity index (χ2n) is 9.73. The minimum atomic E-state index is -0.129. The molecule has 43 heavy (non-hydrogen) atoms. The smallest absolute Gasteiger partial charge is 0.267 e. The first kappa shape index (κ1) is 30.5.